The predicted octanol–water partition coefficient (Wildman–Crippen LogP) is 3.76. The zero-order valence-electron chi connectivity index (χ0n) is 16.4. The summed E-state index contributed by atoms with van der Waals surface area (Å²) in [6.45, 7) is 2.58. The van der Waals surface area contributed by atoms with E-state index in [-0.39, 0.29) is 11.9 Å². The Labute approximate surface area is 163 Å². The minimum absolute atomic E-state index is 0.0347. The lowest BCUT2D eigenvalue weighted by Crippen LogP contribution is -2.39. The highest BCUT2D eigenvalue weighted by atomic mass is 16.5. The number of carbonyl (C=O) groups excluding carboxylic acids is 1. The number of nitrogens with zero attached hydrogens (tertiary/aromatic N) is 4. The number of benzene rings is 1. The molecule has 1 fully saturated rings. The van der Waals surface area contributed by atoms with Gasteiger partial charge in [0.2, 0.25) is 0 Å². The van der Waals surface area contributed by atoms with E-state index in [2.05, 4.69) is 5.16 Å². The van der Waals surface area contributed by atoms with Crippen LogP contribution >= 0.6 is 0 Å². The average Bonchev–Trinajstić information content (AvgIpc) is 3.32. The van der Waals surface area contributed by atoms with Crippen LogP contribution in [-0.4, -0.2) is 39.4 Å². The van der Waals surface area contributed by atoms with Gasteiger partial charge in [0.15, 0.2) is 5.76 Å². The highest BCUT2D eigenvalue weighted by molar-refractivity contribution is 5.97. The number of para-hydroxylation sites is 1. The van der Waals surface area contributed by atoms with Crippen LogP contribution in [0.15, 0.2) is 41.1 Å². The van der Waals surface area contributed by atoms with E-state index in [0.29, 0.717) is 23.6 Å². The molecule has 28 heavy (non-hydrogen) atoms. The zero-order valence-corrected chi connectivity index (χ0v) is 16.4. The predicted molar refractivity (Wildman–Crippen MR) is 104 cm³/mol. The Morgan fingerprint density at radius 3 is 2.86 bits per heavy atom. The monoisotopic (exact) mass is 380 g/mol. The molecule has 1 aliphatic rings. The van der Waals surface area contributed by atoms with Crippen LogP contribution in [0.3, 0.4) is 0 Å². The molecule has 0 aliphatic carbocycles. The Morgan fingerprint density at radius 2 is 2.11 bits per heavy atom. The Kier molecular flexibility index (Phi) is 4.90. The summed E-state index contributed by atoms with van der Waals surface area (Å²) in [5.74, 6) is 1.23. The number of hydrogen-bond donors (Lipinski definition) is 0. The molecular weight excluding hydrogens is 356 g/mol. The van der Waals surface area contributed by atoms with Gasteiger partial charge in [0.05, 0.1) is 35.7 Å². The molecular formula is C21H24N4O3. The molecule has 7 nitrogen and oxygen atoms in total. The minimum Gasteiger partial charge on any atom is -0.496 e. The van der Waals surface area contributed by atoms with Crippen LogP contribution in [0.4, 0.5) is 0 Å². The summed E-state index contributed by atoms with van der Waals surface area (Å²) in [4.78, 5) is 15.3. The first-order valence-corrected chi connectivity index (χ1v) is 9.49. The molecule has 0 N–H and O–H groups in total. The number of likely N-dealkylation sites (tertiary alicyclic amines) is 1. The van der Waals surface area contributed by atoms with Crippen molar-refractivity contribution in [3.63, 3.8) is 0 Å². The van der Waals surface area contributed by atoms with Gasteiger partial charge in [-0.05, 0) is 38.3 Å². The second-order valence-corrected chi connectivity index (χ2v) is 7.14. The van der Waals surface area contributed by atoms with E-state index in [1.54, 1.807) is 11.8 Å². The second kappa shape index (κ2) is 7.50. The van der Waals surface area contributed by atoms with E-state index in [4.69, 9.17) is 14.4 Å². The van der Waals surface area contributed by atoms with Gasteiger partial charge in [-0.2, -0.15) is 5.10 Å². The third-order valence-corrected chi connectivity index (χ3v) is 5.17. The second-order valence-electron chi connectivity index (χ2n) is 7.14. The molecule has 0 unspecified atom stereocenters. The first-order chi connectivity index (χ1) is 13.6. The molecule has 2 aromatic heterocycles. The fraction of sp³-hybridized carbons (Fsp3) is 0.381. The molecule has 1 aliphatic heterocycles. The van der Waals surface area contributed by atoms with Crippen molar-refractivity contribution in [3.8, 4) is 17.1 Å². The maximum absolute atomic E-state index is 13.4. The van der Waals surface area contributed by atoms with Crippen molar-refractivity contribution in [1.29, 1.82) is 0 Å². The van der Waals surface area contributed by atoms with Crippen LogP contribution in [0.1, 0.15) is 47.1 Å². The molecule has 1 atom stereocenters. The van der Waals surface area contributed by atoms with Crippen molar-refractivity contribution < 1.29 is 14.1 Å². The van der Waals surface area contributed by atoms with Crippen LogP contribution in [0, 0.1) is 6.92 Å². The standard InChI is InChI=1S/C21H24N4O3/c1-14-12-19(28-23-14)16-13-24(2)22-20(16)17-9-6-7-11-25(17)21(26)15-8-4-5-10-18(15)27-3/h4-5,8,10,12-13,17H,6-7,9,11H2,1-3H3/t17-/m1/s1. The maximum Gasteiger partial charge on any atom is 0.258 e. The quantitative estimate of drug-likeness (QED) is 0.689. The van der Waals surface area contributed by atoms with Gasteiger partial charge < -0.3 is 14.2 Å². The summed E-state index contributed by atoms with van der Waals surface area (Å²) in [6, 6.07) is 9.13. The van der Waals surface area contributed by atoms with E-state index in [9.17, 15) is 4.79 Å². The molecule has 0 saturated carbocycles. The Hall–Kier alpha value is -3.09. The number of methoxy groups -OCH3 is 1. The molecule has 1 saturated heterocycles. The number of carbonyl (C=O) groups is 1. The summed E-state index contributed by atoms with van der Waals surface area (Å²) in [6.07, 6.45) is 4.81. The number of rotatable bonds is 4. The summed E-state index contributed by atoms with van der Waals surface area (Å²) >= 11 is 0. The lowest BCUT2D eigenvalue weighted by molar-refractivity contribution is 0.0602. The van der Waals surface area contributed by atoms with Crippen LogP contribution in [0.25, 0.3) is 11.3 Å². The van der Waals surface area contributed by atoms with Crippen molar-refractivity contribution in [2.75, 3.05) is 13.7 Å². The average molecular weight is 380 g/mol. The Morgan fingerprint density at radius 1 is 1.29 bits per heavy atom. The van der Waals surface area contributed by atoms with Crippen molar-refractivity contribution in [2.45, 2.75) is 32.2 Å². The number of hydrogen-bond acceptors (Lipinski definition) is 5. The first-order valence-electron chi connectivity index (χ1n) is 9.49. The molecule has 3 heterocycles. The van der Waals surface area contributed by atoms with Crippen molar-refractivity contribution in [3.05, 3.63) is 53.5 Å². The lowest BCUT2D eigenvalue weighted by Gasteiger charge is -2.35. The molecule has 0 spiro atoms. The van der Waals surface area contributed by atoms with Crippen LogP contribution < -0.4 is 4.74 Å². The third kappa shape index (κ3) is 3.28. The van der Waals surface area contributed by atoms with Crippen molar-refractivity contribution in [1.82, 2.24) is 19.8 Å². The van der Waals surface area contributed by atoms with E-state index in [1.165, 1.54) is 0 Å². The van der Waals surface area contributed by atoms with E-state index in [1.807, 2.05) is 55.4 Å². The number of aryl methyl sites for hydroxylation is 2. The summed E-state index contributed by atoms with van der Waals surface area (Å²) in [7, 11) is 3.47. The highest BCUT2D eigenvalue weighted by Crippen LogP contribution is 2.37. The number of amides is 1. The van der Waals surface area contributed by atoms with Crippen LogP contribution in [0.5, 0.6) is 5.75 Å². The molecule has 7 heteroatoms. The van der Waals surface area contributed by atoms with E-state index < -0.39 is 0 Å². The number of aromatic nitrogens is 3. The minimum atomic E-state index is -0.118. The third-order valence-electron chi connectivity index (χ3n) is 5.17. The summed E-state index contributed by atoms with van der Waals surface area (Å²) < 4.78 is 12.7. The maximum atomic E-state index is 13.4. The normalized spacial score (nSPS) is 17.0. The molecule has 0 bridgehead atoms. The van der Waals surface area contributed by atoms with Crippen molar-refractivity contribution in [2.24, 2.45) is 7.05 Å². The fourth-order valence-electron chi connectivity index (χ4n) is 3.87. The number of ether oxygens (including phenoxy) is 1. The van der Waals surface area contributed by atoms with E-state index in [0.717, 1.165) is 36.2 Å². The lowest BCUT2D eigenvalue weighted by atomic mass is 9.95. The van der Waals surface area contributed by atoms with E-state index >= 15 is 0 Å². The fourth-order valence-corrected chi connectivity index (χ4v) is 3.87. The molecule has 4 rings (SSSR count). The first kappa shape index (κ1) is 18.3. The zero-order chi connectivity index (χ0) is 19.7. The molecule has 146 valence electrons. The van der Waals surface area contributed by atoms with Gasteiger partial charge in [-0.1, -0.05) is 17.3 Å². The van der Waals surface area contributed by atoms with Gasteiger partial charge in [-0.3, -0.25) is 9.48 Å². The smallest absolute Gasteiger partial charge is 0.258 e. The largest absolute Gasteiger partial charge is 0.496 e. The van der Waals surface area contributed by atoms with Crippen LogP contribution in [0.2, 0.25) is 0 Å². The summed E-state index contributed by atoms with van der Waals surface area (Å²) in [5.41, 5.74) is 3.12. The Balaban J connectivity index is 1.73. The highest BCUT2D eigenvalue weighted by Gasteiger charge is 2.34. The Bertz CT molecular complexity index is 991. The van der Waals surface area contributed by atoms with Crippen LogP contribution in [-0.2, 0) is 7.05 Å². The SMILES string of the molecule is COc1ccccc1C(=O)N1CCCC[C@@H]1c1nn(C)cc1-c1cc(C)no1. The molecule has 3 aromatic rings. The van der Waals surface area contributed by atoms with Crippen molar-refractivity contribution >= 4 is 5.91 Å². The van der Waals surface area contributed by atoms with Gasteiger partial charge >= 0.3 is 0 Å². The topological polar surface area (TPSA) is 73.4 Å². The van der Waals surface area contributed by atoms with Gasteiger partial charge in [0.1, 0.15) is 5.75 Å². The van der Waals surface area contributed by atoms with Gasteiger partial charge in [-0.25, -0.2) is 0 Å². The molecule has 1 aromatic carbocycles. The summed E-state index contributed by atoms with van der Waals surface area (Å²) in [5, 5.41) is 8.70. The van der Waals surface area contributed by atoms with Gasteiger partial charge in [0, 0.05) is 25.9 Å². The number of piperidine rings is 1. The van der Waals surface area contributed by atoms with Gasteiger partial charge in [-0.15, -0.1) is 0 Å². The molecule has 1 amide bonds. The molecule has 0 radical (unpaired) electrons. The van der Waals surface area contributed by atoms with Gasteiger partial charge in [0.25, 0.3) is 5.91 Å².